The van der Waals surface area contributed by atoms with Gasteiger partial charge in [-0.05, 0) is 24.5 Å². The monoisotopic (exact) mass is 255 g/mol. The Morgan fingerprint density at radius 1 is 1.22 bits per heavy atom. The zero-order valence-electron chi connectivity index (χ0n) is 9.51. The van der Waals surface area contributed by atoms with Gasteiger partial charge in [0.1, 0.15) is 5.54 Å². The van der Waals surface area contributed by atoms with Gasteiger partial charge in [-0.3, -0.25) is 0 Å². The molecule has 18 heavy (non-hydrogen) atoms. The van der Waals surface area contributed by atoms with Gasteiger partial charge in [0.2, 0.25) is 0 Å². The number of para-hydroxylation sites is 1. The fourth-order valence-corrected chi connectivity index (χ4v) is 2.01. The average Bonchev–Trinajstić information content (AvgIpc) is 3.09. The summed E-state index contributed by atoms with van der Waals surface area (Å²) in [5.74, 6) is 0.212. The molecule has 0 bridgehead atoms. The van der Waals surface area contributed by atoms with Gasteiger partial charge in [0, 0.05) is 5.69 Å². The first-order valence-corrected chi connectivity index (χ1v) is 5.74. The van der Waals surface area contributed by atoms with E-state index in [-0.39, 0.29) is 18.8 Å². The number of nitrogens with zero attached hydrogens (tertiary/aromatic N) is 1. The number of halogens is 3. The van der Waals surface area contributed by atoms with E-state index < -0.39 is 11.7 Å². The summed E-state index contributed by atoms with van der Waals surface area (Å²) in [6.45, 7) is 0.402. The summed E-state index contributed by atoms with van der Waals surface area (Å²) in [5.41, 5.74) is 0.0263. The molecule has 2 aliphatic rings. The van der Waals surface area contributed by atoms with E-state index in [4.69, 9.17) is 0 Å². The van der Waals surface area contributed by atoms with Crippen LogP contribution >= 0.6 is 0 Å². The first kappa shape index (κ1) is 11.4. The van der Waals surface area contributed by atoms with Gasteiger partial charge in [0.15, 0.2) is 5.96 Å². The van der Waals surface area contributed by atoms with Crippen molar-refractivity contribution in [1.29, 1.82) is 0 Å². The van der Waals surface area contributed by atoms with E-state index in [1.807, 2.05) is 24.3 Å². The van der Waals surface area contributed by atoms with Crippen LogP contribution in [0.3, 0.4) is 0 Å². The van der Waals surface area contributed by atoms with Gasteiger partial charge in [0.05, 0.1) is 6.54 Å². The molecule has 0 spiro atoms. The molecule has 96 valence electrons. The normalized spacial score (nSPS) is 20.5. The average molecular weight is 255 g/mol. The van der Waals surface area contributed by atoms with Gasteiger partial charge in [-0.2, -0.15) is 13.2 Å². The predicted octanol–water partition coefficient (Wildman–Crippen LogP) is 2.65. The van der Waals surface area contributed by atoms with Crippen molar-refractivity contribution >= 4 is 11.6 Å². The molecule has 1 fully saturated rings. The first-order chi connectivity index (χ1) is 8.50. The van der Waals surface area contributed by atoms with Crippen molar-refractivity contribution < 1.29 is 13.2 Å². The summed E-state index contributed by atoms with van der Waals surface area (Å²) in [6.07, 6.45) is -4.01. The second-order valence-corrected chi connectivity index (χ2v) is 4.65. The molecule has 2 N–H and O–H groups in total. The molecule has 0 atom stereocenters. The molecule has 0 saturated heterocycles. The summed E-state index contributed by atoms with van der Waals surface area (Å²) in [7, 11) is 0. The van der Waals surface area contributed by atoms with Crippen molar-refractivity contribution in [2.24, 2.45) is 4.99 Å². The Balaban J connectivity index is 1.76. The van der Waals surface area contributed by atoms with E-state index >= 15 is 0 Å². The number of aliphatic imine (C=N–C) groups is 1. The summed E-state index contributed by atoms with van der Waals surface area (Å²) in [5, 5.41) is 5.41. The second-order valence-electron chi connectivity index (χ2n) is 4.65. The van der Waals surface area contributed by atoms with Gasteiger partial charge in [-0.15, -0.1) is 0 Å². The number of hydrogen-bond acceptors (Lipinski definition) is 3. The summed E-state index contributed by atoms with van der Waals surface area (Å²) < 4.78 is 38.4. The molecule has 3 nitrogen and oxygen atoms in total. The largest absolute Gasteiger partial charge is 0.411 e. The van der Waals surface area contributed by atoms with E-state index in [9.17, 15) is 13.2 Å². The third-order valence-corrected chi connectivity index (χ3v) is 3.33. The summed E-state index contributed by atoms with van der Waals surface area (Å²) in [4.78, 5) is 4.10. The smallest absolute Gasteiger partial charge is 0.342 e. The molecule has 1 aromatic rings. The van der Waals surface area contributed by atoms with Crippen molar-refractivity contribution in [3.8, 4) is 0 Å². The predicted molar refractivity (Wildman–Crippen MR) is 62.4 cm³/mol. The number of anilines is 1. The van der Waals surface area contributed by atoms with Crippen molar-refractivity contribution in [3.63, 3.8) is 0 Å². The van der Waals surface area contributed by atoms with Crippen molar-refractivity contribution in [2.45, 2.75) is 31.1 Å². The number of hydrogen-bond donors (Lipinski definition) is 2. The maximum absolute atomic E-state index is 12.8. The molecule has 1 saturated carbocycles. The van der Waals surface area contributed by atoms with E-state index in [1.165, 1.54) is 0 Å². The SMILES string of the molecule is FC(F)(F)C1(NC2=NCc3ccccc3N2)CC1. The van der Waals surface area contributed by atoms with Gasteiger partial charge < -0.3 is 10.6 Å². The Hall–Kier alpha value is -1.72. The molecule has 6 heteroatoms. The summed E-state index contributed by atoms with van der Waals surface area (Å²) in [6, 6.07) is 7.45. The Bertz CT molecular complexity index is 504. The number of alkyl halides is 3. The van der Waals surface area contributed by atoms with Crippen molar-refractivity contribution in [2.75, 3.05) is 5.32 Å². The molecule has 3 rings (SSSR count). The molecule has 0 amide bonds. The molecule has 0 radical (unpaired) electrons. The minimum absolute atomic E-state index is 0.110. The van der Waals surface area contributed by atoms with Crippen LogP contribution in [-0.2, 0) is 6.54 Å². The summed E-state index contributed by atoms with van der Waals surface area (Å²) >= 11 is 0. The number of benzene rings is 1. The molecule has 1 aliphatic heterocycles. The maximum Gasteiger partial charge on any atom is 0.411 e. The zero-order chi connectivity index (χ0) is 12.8. The number of fused-ring (bicyclic) bond motifs is 1. The third-order valence-electron chi connectivity index (χ3n) is 3.33. The second kappa shape index (κ2) is 3.63. The highest BCUT2D eigenvalue weighted by molar-refractivity contribution is 5.96. The van der Waals surface area contributed by atoms with Gasteiger partial charge in [-0.25, -0.2) is 4.99 Å². The van der Waals surface area contributed by atoms with Crippen LogP contribution in [0, 0.1) is 0 Å². The lowest BCUT2D eigenvalue weighted by atomic mass is 10.1. The van der Waals surface area contributed by atoms with Crippen LogP contribution in [0.25, 0.3) is 0 Å². The van der Waals surface area contributed by atoms with E-state index in [1.54, 1.807) is 0 Å². The van der Waals surface area contributed by atoms with E-state index in [0.29, 0.717) is 6.54 Å². The van der Waals surface area contributed by atoms with Crippen LogP contribution < -0.4 is 10.6 Å². The van der Waals surface area contributed by atoms with Crippen molar-refractivity contribution in [3.05, 3.63) is 29.8 Å². The van der Waals surface area contributed by atoms with Crippen LogP contribution in [-0.4, -0.2) is 17.7 Å². The third kappa shape index (κ3) is 1.81. The lowest BCUT2D eigenvalue weighted by Gasteiger charge is -2.26. The minimum atomic E-state index is -4.23. The van der Waals surface area contributed by atoms with Gasteiger partial charge in [0.25, 0.3) is 0 Å². The van der Waals surface area contributed by atoms with E-state index in [0.717, 1.165) is 11.3 Å². The van der Waals surface area contributed by atoms with Crippen LogP contribution in [0.5, 0.6) is 0 Å². The van der Waals surface area contributed by atoms with Crippen LogP contribution in [0.2, 0.25) is 0 Å². The molecular formula is C12H12F3N3. The van der Waals surface area contributed by atoms with Gasteiger partial charge in [-0.1, -0.05) is 18.2 Å². The molecule has 0 unspecified atom stereocenters. The Kier molecular flexibility index (Phi) is 2.30. The topological polar surface area (TPSA) is 36.4 Å². The standard InChI is InChI=1S/C12H12F3N3/c13-12(14,15)11(5-6-11)18-10-16-7-8-3-1-2-4-9(8)17-10/h1-4H,5-7H2,(H2,16,17,18). The highest BCUT2D eigenvalue weighted by atomic mass is 19.4. The highest BCUT2D eigenvalue weighted by Gasteiger charge is 2.64. The lowest BCUT2D eigenvalue weighted by molar-refractivity contribution is -0.161. The zero-order valence-corrected chi connectivity index (χ0v) is 9.51. The Morgan fingerprint density at radius 2 is 1.94 bits per heavy atom. The van der Waals surface area contributed by atoms with Crippen LogP contribution in [0.1, 0.15) is 18.4 Å². The first-order valence-electron chi connectivity index (χ1n) is 5.74. The fraction of sp³-hybridized carbons (Fsp3) is 0.417. The maximum atomic E-state index is 12.8. The lowest BCUT2D eigenvalue weighted by Crippen LogP contribution is -2.50. The number of rotatable bonds is 1. The quantitative estimate of drug-likeness (QED) is 0.809. The van der Waals surface area contributed by atoms with Crippen LogP contribution in [0.15, 0.2) is 29.3 Å². The minimum Gasteiger partial charge on any atom is -0.342 e. The Morgan fingerprint density at radius 3 is 2.61 bits per heavy atom. The van der Waals surface area contributed by atoms with Crippen LogP contribution in [0.4, 0.5) is 18.9 Å². The molecule has 1 heterocycles. The molecular weight excluding hydrogens is 243 g/mol. The number of nitrogens with one attached hydrogen (secondary N) is 2. The Labute approximate surface area is 102 Å². The fourth-order valence-electron chi connectivity index (χ4n) is 2.01. The molecule has 1 aromatic carbocycles. The number of guanidine groups is 1. The molecule has 0 aromatic heterocycles. The van der Waals surface area contributed by atoms with E-state index in [2.05, 4.69) is 15.6 Å². The molecule has 1 aliphatic carbocycles. The highest BCUT2D eigenvalue weighted by Crippen LogP contribution is 2.49. The van der Waals surface area contributed by atoms with Gasteiger partial charge >= 0.3 is 6.18 Å². The van der Waals surface area contributed by atoms with Crippen molar-refractivity contribution in [1.82, 2.24) is 5.32 Å².